The summed E-state index contributed by atoms with van der Waals surface area (Å²) in [7, 11) is 0. The number of fused-ring (bicyclic) bond motifs is 6. The summed E-state index contributed by atoms with van der Waals surface area (Å²) in [5.41, 5.74) is 10.7. The summed E-state index contributed by atoms with van der Waals surface area (Å²) in [5, 5.41) is 7.36. The third kappa shape index (κ3) is 3.39. The maximum Gasteiger partial charge on any atom is 0.160 e. The predicted octanol–water partition coefficient (Wildman–Crippen LogP) is 10.6. The first-order chi connectivity index (χ1) is 20.8. The van der Waals surface area contributed by atoms with Gasteiger partial charge in [0.05, 0.1) is 5.69 Å². The van der Waals surface area contributed by atoms with Crippen LogP contribution in [0.25, 0.3) is 88.3 Å². The van der Waals surface area contributed by atoms with E-state index in [2.05, 4.69) is 133 Å². The largest absolute Gasteiger partial charge is 0.237 e. The Hall–Kier alpha value is -5.60. The summed E-state index contributed by atoms with van der Waals surface area (Å²) in [6, 6.07) is 49.9. The van der Waals surface area contributed by atoms with Crippen molar-refractivity contribution in [1.29, 1.82) is 0 Å². The van der Waals surface area contributed by atoms with Crippen LogP contribution in [0.4, 0.5) is 0 Å². The molecule has 0 amide bonds. The lowest BCUT2D eigenvalue weighted by molar-refractivity contribution is 1.19. The van der Waals surface area contributed by atoms with Crippen molar-refractivity contribution in [3.63, 3.8) is 0 Å². The van der Waals surface area contributed by atoms with Crippen LogP contribution in [0.3, 0.4) is 0 Å². The standard InChI is InChI=1S/C40H24N2/c1-2-9-25(10-3-1)26-17-18-29-27(23-26)12-8-16-33(29)37-21-22-41-40(42-37)35-20-19-34-31-14-6-7-15-32(31)36-24-28-11-4-5-13-30(28)38(35)39(34)36/h1-24H. The molecule has 0 atom stereocenters. The van der Waals surface area contributed by atoms with E-state index in [4.69, 9.17) is 9.97 Å². The maximum atomic E-state index is 5.22. The van der Waals surface area contributed by atoms with Gasteiger partial charge < -0.3 is 0 Å². The Morgan fingerprint density at radius 1 is 0.381 bits per heavy atom. The first kappa shape index (κ1) is 23.1. The van der Waals surface area contributed by atoms with Gasteiger partial charge in [0.2, 0.25) is 0 Å². The average Bonchev–Trinajstić information content (AvgIpc) is 3.39. The Bertz CT molecular complexity index is 2350. The van der Waals surface area contributed by atoms with Gasteiger partial charge >= 0.3 is 0 Å². The maximum absolute atomic E-state index is 5.22. The molecule has 9 rings (SSSR count). The van der Waals surface area contributed by atoms with Gasteiger partial charge in [-0.3, -0.25) is 0 Å². The highest BCUT2D eigenvalue weighted by Gasteiger charge is 2.25. The molecule has 0 saturated heterocycles. The highest BCUT2D eigenvalue weighted by atomic mass is 14.9. The van der Waals surface area contributed by atoms with E-state index in [1.807, 2.05) is 12.3 Å². The number of hydrogen-bond donors (Lipinski definition) is 0. The van der Waals surface area contributed by atoms with Crippen LogP contribution in [0, 0.1) is 0 Å². The van der Waals surface area contributed by atoms with Crippen LogP contribution in [0.1, 0.15) is 0 Å². The van der Waals surface area contributed by atoms with E-state index in [-0.39, 0.29) is 0 Å². The van der Waals surface area contributed by atoms with E-state index in [9.17, 15) is 0 Å². The zero-order valence-electron chi connectivity index (χ0n) is 22.8. The molecule has 0 saturated carbocycles. The Balaban J connectivity index is 1.25. The quantitative estimate of drug-likeness (QED) is 0.212. The summed E-state index contributed by atoms with van der Waals surface area (Å²) < 4.78 is 0. The Kier molecular flexibility index (Phi) is 4.93. The van der Waals surface area contributed by atoms with Crippen LogP contribution >= 0.6 is 0 Å². The lowest BCUT2D eigenvalue weighted by atomic mass is 9.92. The number of nitrogens with zero attached hydrogens (tertiary/aromatic N) is 2. The van der Waals surface area contributed by atoms with Gasteiger partial charge in [0.1, 0.15) is 0 Å². The lowest BCUT2D eigenvalue weighted by Crippen LogP contribution is -1.94. The second-order valence-electron chi connectivity index (χ2n) is 11.0. The summed E-state index contributed by atoms with van der Waals surface area (Å²) in [4.78, 5) is 10.1. The summed E-state index contributed by atoms with van der Waals surface area (Å²) in [5.74, 6) is 0.746. The molecule has 0 aliphatic heterocycles. The molecule has 8 aromatic rings. The van der Waals surface area contributed by atoms with Gasteiger partial charge in [-0.25, -0.2) is 9.97 Å². The second-order valence-corrected chi connectivity index (χ2v) is 11.0. The smallest absolute Gasteiger partial charge is 0.160 e. The molecular formula is C40H24N2. The molecule has 2 nitrogen and oxygen atoms in total. The van der Waals surface area contributed by atoms with E-state index in [0.29, 0.717) is 0 Å². The van der Waals surface area contributed by atoms with Crippen LogP contribution in [-0.2, 0) is 0 Å². The van der Waals surface area contributed by atoms with Gasteiger partial charge in [0.25, 0.3) is 0 Å². The molecule has 2 heteroatoms. The minimum atomic E-state index is 0.746. The third-order valence-electron chi connectivity index (χ3n) is 8.67. The minimum absolute atomic E-state index is 0.746. The second kappa shape index (κ2) is 8.95. The first-order valence-corrected chi connectivity index (χ1v) is 14.3. The Morgan fingerprint density at radius 3 is 2.00 bits per heavy atom. The zero-order chi connectivity index (χ0) is 27.6. The molecule has 0 N–H and O–H groups in total. The van der Waals surface area contributed by atoms with Crippen molar-refractivity contribution in [2.45, 2.75) is 0 Å². The fourth-order valence-corrected chi connectivity index (χ4v) is 6.77. The minimum Gasteiger partial charge on any atom is -0.237 e. The molecule has 0 spiro atoms. The molecule has 0 bridgehead atoms. The molecule has 7 aromatic carbocycles. The predicted molar refractivity (Wildman–Crippen MR) is 175 cm³/mol. The van der Waals surface area contributed by atoms with Crippen LogP contribution < -0.4 is 0 Å². The first-order valence-electron chi connectivity index (χ1n) is 14.3. The van der Waals surface area contributed by atoms with Gasteiger partial charge in [-0.1, -0.05) is 115 Å². The lowest BCUT2D eigenvalue weighted by Gasteiger charge is -2.13. The van der Waals surface area contributed by atoms with Crippen LogP contribution in [0.15, 0.2) is 146 Å². The van der Waals surface area contributed by atoms with Crippen molar-refractivity contribution in [3.8, 4) is 56.0 Å². The molecule has 194 valence electrons. The van der Waals surface area contributed by atoms with Gasteiger partial charge in [-0.2, -0.15) is 0 Å². The Morgan fingerprint density at radius 2 is 1.10 bits per heavy atom. The van der Waals surface area contributed by atoms with E-state index in [1.54, 1.807) is 0 Å². The SMILES string of the molecule is c1ccc(-c2ccc3c(-c4ccnc(-c5ccc6c7c(cc8ccccc8c57)-c5ccccc5-6)n4)cccc3c2)cc1. The molecule has 0 fully saturated rings. The van der Waals surface area contributed by atoms with Gasteiger partial charge in [-0.15, -0.1) is 0 Å². The van der Waals surface area contributed by atoms with Crippen LogP contribution in [0.5, 0.6) is 0 Å². The average molecular weight is 533 g/mol. The molecule has 0 unspecified atom stereocenters. The fraction of sp³-hybridized carbons (Fsp3) is 0. The van der Waals surface area contributed by atoms with E-state index in [0.717, 1.165) is 22.6 Å². The van der Waals surface area contributed by atoms with Crippen LogP contribution in [0.2, 0.25) is 0 Å². The van der Waals surface area contributed by atoms with E-state index < -0.39 is 0 Å². The van der Waals surface area contributed by atoms with Gasteiger partial charge in [-0.05, 0) is 84.6 Å². The molecular weight excluding hydrogens is 508 g/mol. The van der Waals surface area contributed by atoms with Crippen molar-refractivity contribution in [2.24, 2.45) is 0 Å². The third-order valence-corrected chi connectivity index (χ3v) is 8.67. The molecule has 1 heterocycles. The Labute approximate surface area is 243 Å². The monoisotopic (exact) mass is 532 g/mol. The highest BCUT2D eigenvalue weighted by molar-refractivity contribution is 6.26. The topological polar surface area (TPSA) is 25.8 Å². The number of benzene rings is 7. The summed E-state index contributed by atoms with van der Waals surface area (Å²) >= 11 is 0. The van der Waals surface area contributed by atoms with Crippen molar-refractivity contribution in [3.05, 3.63) is 146 Å². The van der Waals surface area contributed by atoms with Crippen molar-refractivity contribution >= 4 is 32.3 Å². The van der Waals surface area contributed by atoms with Gasteiger partial charge in [0.15, 0.2) is 5.82 Å². The van der Waals surface area contributed by atoms with E-state index >= 15 is 0 Å². The zero-order valence-corrected chi connectivity index (χ0v) is 22.8. The summed E-state index contributed by atoms with van der Waals surface area (Å²) in [6.07, 6.45) is 1.90. The van der Waals surface area contributed by atoms with Crippen molar-refractivity contribution in [2.75, 3.05) is 0 Å². The van der Waals surface area contributed by atoms with Crippen LogP contribution in [-0.4, -0.2) is 9.97 Å². The molecule has 1 aromatic heterocycles. The number of rotatable bonds is 3. The van der Waals surface area contributed by atoms with Gasteiger partial charge in [0, 0.05) is 22.7 Å². The fourth-order valence-electron chi connectivity index (χ4n) is 6.77. The van der Waals surface area contributed by atoms with Crippen molar-refractivity contribution in [1.82, 2.24) is 9.97 Å². The van der Waals surface area contributed by atoms with Crippen molar-refractivity contribution < 1.29 is 0 Å². The molecule has 1 aliphatic rings. The number of hydrogen-bond acceptors (Lipinski definition) is 2. The molecule has 42 heavy (non-hydrogen) atoms. The molecule has 0 radical (unpaired) electrons. The normalized spacial score (nSPS) is 11.8. The summed E-state index contributed by atoms with van der Waals surface area (Å²) in [6.45, 7) is 0. The number of aromatic nitrogens is 2. The highest BCUT2D eigenvalue weighted by Crippen LogP contribution is 2.51. The van der Waals surface area contributed by atoms with E-state index in [1.165, 1.54) is 65.7 Å². The molecule has 1 aliphatic carbocycles.